The molecule has 0 saturated heterocycles. The van der Waals surface area contributed by atoms with E-state index < -0.39 is 4.92 Å². The van der Waals surface area contributed by atoms with E-state index in [1.54, 1.807) is 18.2 Å². The predicted octanol–water partition coefficient (Wildman–Crippen LogP) is 3.74. The lowest BCUT2D eigenvalue weighted by Crippen LogP contribution is -2.02. The van der Waals surface area contributed by atoms with Gasteiger partial charge in [0, 0.05) is 16.1 Å². The van der Waals surface area contributed by atoms with Crippen LogP contribution in [-0.2, 0) is 13.2 Å². The minimum Gasteiger partial charge on any atom is -0.488 e. The molecular weight excluding hydrogens is 338 g/mol. The fraction of sp³-hybridized carbons (Fsp3) is 0.200. The van der Waals surface area contributed by atoms with Gasteiger partial charge in [0.25, 0.3) is 5.69 Å². The second-order valence-corrected chi connectivity index (χ2v) is 5.50. The van der Waals surface area contributed by atoms with E-state index in [1.807, 2.05) is 19.1 Å². The number of nitro groups is 1. The van der Waals surface area contributed by atoms with Gasteiger partial charge in [-0.15, -0.1) is 0 Å². The van der Waals surface area contributed by atoms with Crippen LogP contribution in [0, 0.1) is 17.0 Å². The third-order valence-corrected chi connectivity index (χ3v) is 3.51. The summed E-state index contributed by atoms with van der Waals surface area (Å²) in [4.78, 5) is 10.6. The standard InChI is InChI=1S/C15H14BrNO4/c1-10-2-5-15(12(6-10)8-18)21-9-11-3-4-13(16)7-14(11)17(19)20/h2-7,18H,8-9H2,1H3. The maximum Gasteiger partial charge on any atom is 0.277 e. The number of nitro benzene ring substituents is 1. The van der Waals surface area contributed by atoms with Gasteiger partial charge in [-0.1, -0.05) is 33.6 Å². The minimum atomic E-state index is -0.439. The first kappa shape index (κ1) is 15.5. The van der Waals surface area contributed by atoms with Crippen LogP contribution in [0.5, 0.6) is 5.75 Å². The molecule has 0 heterocycles. The molecule has 0 atom stereocenters. The molecule has 0 bridgehead atoms. The van der Waals surface area contributed by atoms with Crippen molar-refractivity contribution in [2.45, 2.75) is 20.1 Å². The first-order valence-corrected chi connectivity index (χ1v) is 7.06. The van der Waals surface area contributed by atoms with E-state index in [0.717, 1.165) is 5.56 Å². The lowest BCUT2D eigenvalue weighted by atomic mass is 10.1. The summed E-state index contributed by atoms with van der Waals surface area (Å²) in [5.74, 6) is 0.528. The molecule has 2 rings (SSSR count). The summed E-state index contributed by atoms with van der Waals surface area (Å²) in [6.07, 6.45) is 0. The van der Waals surface area contributed by atoms with Crippen LogP contribution in [0.15, 0.2) is 40.9 Å². The largest absolute Gasteiger partial charge is 0.488 e. The maximum absolute atomic E-state index is 11.0. The average Bonchev–Trinajstić information content (AvgIpc) is 2.46. The normalized spacial score (nSPS) is 10.4. The molecule has 0 radical (unpaired) electrons. The van der Waals surface area contributed by atoms with Gasteiger partial charge >= 0.3 is 0 Å². The van der Waals surface area contributed by atoms with Gasteiger partial charge in [0.2, 0.25) is 0 Å². The molecule has 110 valence electrons. The number of rotatable bonds is 5. The molecule has 6 heteroatoms. The number of hydrogen-bond donors (Lipinski definition) is 1. The van der Waals surface area contributed by atoms with E-state index in [2.05, 4.69) is 15.9 Å². The topological polar surface area (TPSA) is 72.6 Å². The van der Waals surface area contributed by atoms with E-state index >= 15 is 0 Å². The Morgan fingerprint density at radius 3 is 2.67 bits per heavy atom. The van der Waals surface area contributed by atoms with E-state index in [-0.39, 0.29) is 18.9 Å². The van der Waals surface area contributed by atoms with Crippen LogP contribution in [0.2, 0.25) is 0 Å². The van der Waals surface area contributed by atoms with Crippen LogP contribution in [0.1, 0.15) is 16.7 Å². The first-order valence-electron chi connectivity index (χ1n) is 6.27. The quantitative estimate of drug-likeness (QED) is 0.657. The summed E-state index contributed by atoms with van der Waals surface area (Å²) in [6.45, 7) is 1.85. The molecule has 21 heavy (non-hydrogen) atoms. The number of benzene rings is 2. The molecule has 0 saturated carbocycles. The van der Waals surface area contributed by atoms with E-state index in [9.17, 15) is 15.2 Å². The van der Waals surface area contributed by atoms with Crippen molar-refractivity contribution in [3.8, 4) is 5.75 Å². The third-order valence-electron chi connectivity index (χ3n) is 3.01. The fourth-order valence-corrected chi connectivity index (χ4v) is 2.31. The highest BCUT2D eigenvalue weighted by Crippen LogP contribution is 2.26. The third kappa shape index (κ3) is 3.80. The van der Waals surface area contributed by atoms with Crippen molar-refractivity contribution in [3.63, 3.8) is 0 Å². The summed E-state index contributed by atoms with van der Waals surface area (Å²) in [7, 11) is 0. The SMILES string of the molecule is Cc1ccc(OCc2ccc(Br)cc2[N+](=O)[O-])c(CO)c1. The number of ether oxygens (including phenoxy) is 1. The Bertz CT molecular complexity index is 673. The fourth-order valence-electron chi connectivity index (χ4n) is 1.96. The Morgan fingerprint density at radius 2 is 2.00 bits per heavy atom. The number of aryl methyl sites for hydroxylation is 1. The molecule has 0 fully saturated rings. The van der Waals surface area contributed by atoms with Gasteiger partial charge in [-0.2, -0.15) is 0 Å². The number of halogens is 1. The molecule has 0 aliphatic heterocycles. The Morgan fingerprint density at radius 1 is 1.24 bits per heavy atom. The number of aliphatic hydroxyl groups excluding tert-OH is 1. The zero-order valence-corrected chi connectivity index (χ0v) is 13.0. The van der Waals surface area contributed by atoms with Crippen LogP contribution in [0.3, 0.4) is 0 Å². The van der Waals surface area contributed by atoms with Crippen molar-refractivity contribution in [2.24, 2.45) is 0 Å². The molecule has 5 nitrogen and oxygen atoms in total. The van der Waals surface area contributed by atoms with Crippen molar-refractivity contribution < 1.29 is 14.8 Å². The number of nitrogens with zero attached hydrogens (tertiary/aromatic N) is 1. The minimum absolute atomic E-state index is 0.00188. The second kappa shape index (κ2) is 6.69. The lowest BCUT2D eigenvalue weighted by molar-refractivity contribution is -0.385. The van der Waals surface area contributed by atoms with E-state index in [4.69, 9.17) is 4.74 Å². The predicted molar refractivity (Wildman–Crippen MR) is 82.2 cm³/mol. The summed E-state index contributed by atoms with van der Waals surface area (Å²) in [5, 5.41) is 20.4. The highest BCUT2D eigenvalue weighted by atomic mass is 79.9. The summed E-state index contributed by atoms with van der Waals surface area (Å²) in [6, 6.07) is 10.3. The number of aliphatic hydroxyl groups is 1. The van der Waals surface area contributed by atoms with Gasteiger partial charge in [0.15, 0.2) is 0 Å². The Balaban J connectivity index is 2.22. The summed E-state index contributed by atoms with van der Waals surface area (Å²) >= 11 is 3.21. The first-order chi connectivity index (χ1) is 10.0. The van der Waals surface area contributed by atoms with Crippen LogP contribution in [-0.4, -0.2) is 10.0 Å². The Kier molecular flexibility index (Phi) is 4.93. The molecule has 0 unspecified atom stereocenters. The average molecular weight is 352 g/mol. The van der Waals surface area contributed by atoms with Crippen LogP contribution in [0.25, 0.3) is 0 Å². The van der Waals surface area contributed by atoms with Gasteiger partial charge in [-0.05, 0) is 25.1 Å². The highest BCUT2D eigenvalue weighted by Gasteiger charge is 2.15. The van der Waals surface area contributed by atoms with Gasteiger partial charge in [-0.25, -0.2) is 0 Å². The Hall–Kier alpha value is -1.92. The van der Waals surface area contributed by atoms with Crippen molar-refractivity contribution >= 4 is 21.6 Å². The molecule has 1 N–H and O–H groups in total. The molecular formula is C15H14BrNO4. The summed E-state index contributed by atoms with van der Waals surface area (Å²) in [5.41, 5.74) is 2.16. The molecule has 0 aromatic heterocycles. The maximum atomic E-state index is 11.0. The van der Waals surface area contributed by atoms with Gasteiger partial charge in [0.05, 0.1) is 17.1 Å². The molecule has 2 aromatic carbocycles. The van der Waals surface area contributed by atoms with Crippen molar-refractivity contribution in [3.05, 3.63) is 67.7 Å². The van der Waals surface area contributed by atoms with E-state index in [0.29, 0.717) is 21.3 Å². The molecule has 0 amide bonds. The van der Waals surface area contributed by atoms with Crippen molar-refractivity contribution in [1.82, 2.24) is 0 Å². The van der Waals surface area contributed by atoms with Crippen molar-refractivity contribution in [1.29, 1.82) is 0 Å². The molecule has 0 aliphatic rings. The van der Waals surface area contributed by atoms with Crippen LogP contribution >= 0.6 is 15.9 Å². The van der Waals surface area contributed by atoms with Crippen molar-refractivity contribution in [2.75, 3.05) is 0 Å². The Labute approximate surface area is 130 Å². The molecule has 2 aromatic rings. The van der Waals surface area contributed by atoms with Gasteiger partial charge < -0.3 is 9.84 Å². The zero-order valence-electron chi connectivity index (χ0n) is 11.4. The van der Waals surface area contributed by atoms with E-state index in [1.165, 1.54) is 6.07 Å². The molecule has 0 aliphatic carbocycles. The summed E-state index contributed by atoms with van der Waals surface area (Å²) < 4.78 is 6.26. The number of hydrogen-bond acceptors (Lipinski definition) is 4. The van der Waals surface area contributed by atoms with Crippen LogP contribution in [0.4, 0.5) is 5.69 Å². The lowest BCUT2D eigenvalue weighted by Gasteiger charge is -2.11. The smallest absolute Gasteiger partial charge is 0.277 e. The zero-order chi connectivity index (χ0) is 15.4. The molecule has 0 spiro atoms. The van der Waals surface area contributed by atoms with Gasteiger partial charge in [0.1, 0.15) is 12.4 Å². The monoisotopic (exact) mass is 351 g/mol. The highest BCUT2D eigenvalue weighted by molar-refractivity contribution is 9.10. The van der Waals surface area contributed by atoms with Gasteiger partial charge in [-0.3, -0.25) is 10.1 Å². The second-order valence-electron chi connectivity index (χ2n) is 4.59. The van der Waals surface area contributed by atoms with Crippen LogP contribution < -0.4 is 4.74 Å².